The van der Waals surface area contributed by atoms with Gasteiger partial charge in [-0.1, -0.05) is 25.1 Å². The molecule has 3 aromatic rings. The second-order valence-corrected chi connectivity index (χ2v) is 4.69. The molecule has 0 saturated heterocycles. The van der Waals surface area contributed by atoms with Crippen molar-refractivity contribution < 1.29 is 4.79 Å². The third-order valence-corrected chi connectivity index (χ3v) is 3.25. The van der Waals surface area contributed by atoms with Gasteiger partial charge < -0.3 is 10.3 Å². The van der Waals surface area contributed by atoms with Gasteiger partial charge in [0.25, 0.3) is 11.5 Å². The minimum Gasteiger partial charge on any atom is -0.317 e. The van der Waals surface area contributed by atoms with Gasteiger partial charge in [0, 0.05) is 17.1 Å². The molecule has 2 heterocycles. The lowest BCUT2D eigenvalue weighted by Gasteiger charge is -2.03. The Kier molecular flexibility index (Phi) is 3.27. The lowest BCUT2D eigenvalue weighted by atomic mass is 10.1. The first-order valence-electron chi connectivity index (χ1n) is 6.65. The molecule has 0 spiro atoms. The van der Waals surface area contributed by atoms with Gasteiger partial charge in [-0.3, -0.25) is 14.7 Å². The summed E-state index contributed by atoms with van der Waals surface area (Å²) in [5.41, 5.74) is 0.853. The van der Waals surface area contributed by atoms with Crippen LogP contribution in [0.1, 0.15) is 23.1 Å². The van der Waals surface area contributed by atoms with E-state index in [1.807, 2.05) is 13.0 Å². The largest absolute Gasteiger partial charge is 0.317 e. The van der Waals surface area contributed by atoms with E-state index in [0.717, 1.165) is 17.5 Å². The van der Waals surface area contributed by atoms with Gasteiger partial charge in [0.15, 0.2) is 5.82 Å². The zero-order valence-corrected chi connectivity index (χ0v) is 11.4. The fourth-order valence-electron chi connectivity index (χ4n) is 2.12. The maximum Gasteiger partial charge on any atom is 0.273 e. The highest BCUT2D eigenvalue weighted by molar-refractivity contribution is 6.04. The number of hydrogen-bond acceptors (Lipinski definition) is 3. The van der Waals surface area contributed by atoms with E-state index in [-0.39, 0.29) is 11.3 Å². The molecule has 0 aliphatic rings. The molecule has 0 atom stereocenters. The summed E-state index contributed by atoms with van der Waals surface area (Å²) >= 11 is 0. The molecule has 0 saturated carbocycles. The van der Waals surface area contributed by atoms with Crippen molar-refractivity contribution in [2.24, 2.45) is 0 Å². The summed E-state index contributed by atoms with van der Waals surface area (Å²) in [6, 6.07) is 10.5. The molecule has 0 fully saturated rings. The van der Waals surface area contributed by atoms with Gasteiger partial charge in [-0.25, -0.2) is 0 Å². The Labute approximate surface area is 120 Å². The van der Waals surface area contributed by atoms with Crippen LogP contribution in [0.2, 0.25) is 0 Å². The number of amides is 1. The lowest BCUT2D eigenvalue weighted by molar-refractivity contribution is 0.102. The number of nitrogens with one attached hydrogen (secondary N) is 3. The SMILES string of the molecule is CCc1cc(NC(=O)c2cc3ccccc3c(=O)[nH]2)n[nH]1. The number of aromatic amines is 2. The molecular formula is C15H14N4O2. The summed E-state index contributed by atoms with van der Waals surface area (Å²) < 4.78 is 0. The number of aryl methyl sites for hydroxylation is 1. The highest BCUT2D eigenvalue weighted by Gasteiger charge is 2.11. The van der Waals surface area contributed by atoms with Crippen LogP contribution in [0, 0.1) is 0 Å². The third kappa shape index (κ3) is 2.55. The minimum atomic E-state index is -0.396. The van der Waals surface area contributed by atoms with Crippen molar-refractivity contribution in [1.82, 2.24) is 15.2 Å². The summed E-state index contributed by atoms with van der Waals surface area (Å²) in [5, 5.41) is 10.7. The average molecular weight is 282 g/mol. The van der Waals surface area contributed by atoms with Gasteiger partial charge in [-0.15, -0.1) is 0 Å². The number of carbonyl (C=O) groups is 1. The van der Waals surface area contributed by atoms with Crippen LogP contribution in [0.4, 0.5) is 5.82 Å². The predicted octanol–water partition coefficient (Wildman–Crippen LogP) is 2.07. The molecule has 0 aliphatic heterocycles. The molecule has 6 nitrogen and oxygen atoms in total. The Morgan fingerprint density at radius 2 is 2.10 bits per heavy atom. The Hall–Kier alpha value is -2.89. The number of anilines is 1. The summed E-state index contributed by atoms with van der Waals surface area (Å²) in [6.07, 6.45) is 0.801. The van der Waals surface area contributed by atoms with Gasteiger partial charge in [0.2, 0.25) is 0 Å². The van der Waals surface area contributed by atoms with Crippen molar-refractivity contribution in [3.05, 3.63) is 58.1 Å². The van der Waals surface area contributed by atoms with Crippen LogP contribution in [0.3, 0.4) is 0 Å². The number of hydrogen-bond donors (Lipinski definition) is 3. The van der Waals surface area contributed by atoms with Crippen molar-refractivity contribution in [3.8, 4) is 0 Å². The quantitative estimate of drug-likeness (QED) is 0.686. The zero-order valence-electron chi connectivity index (χ0n) is 11.4. The lowest BCUT2D eigenvalue weighted by Crippen LogP contribution is -2.19. The average Bonchev–Trinajstić information content (AvgIpc) is 2.95. The first-order valence-corrected chi connectivity index (χ1v) is 6.65. The van der Waals surface area contributed by atoms with Crippen molar-refractivity contribution in [3.63, 3.8) is 0 Å². The fourth-order valence-corrected chi connectivity index (χ4v) is 2.12. The number of H-pyrrole nitrogens is 2. The Balaban J connectivity index is 1.92. The maximum atomic E-state index is 12.2. The van der Waals surface area contributed by atoms with Gasteiger partial charge in [-0.2, -0.15) is 5.10 Å². The normalized spacial score (nSPS) is 10.7. The first kappa shape index (κ1) is 13.1. The predicted molar refractivity (Wildman–Crippen MR) is 80.5 cm³/mol. The van der Waals surface area contributed by atoms with E-state index in [9.17, 15) is 9.59 Å². The van der Waals surface area contributed by atoms with Crippen LogP contribution in [-0.4, -0.2) is 21.1 Å². The topological polar surface area (TPSA) is 90.6 Å². The second kappa shape index (κ2) is 5.24. The molecule has 2 aromatic heterocycles. The molecule has 0 bridgehead atoms. The molecular weight excluding hydrogens is 268 g/mol. The van der Waals surface area contributed by atoms with Gasteiger partial charge in [0.05, 0.1) is 0 Å². The van der Waals surface area contributed by atoms with E-state index >= 15 is 0 Å². The van der Waals surface area contributed by atoms with E-state index in [4.69, 9.17) is 0 Å². The molecule has 106 valence electrons. The van der Waals surface area contributed by atoms with Crippen LogP contribution < -0.4 is 10.9 Å². The number of carbonyl (C=O) groups excluding carboxylic acids is 1. The highest BCUT2D eigenvalue weighted by Crippen LogP contribution is 2.12. The maximum absolute atomic E-state index is 12.2. The third-order valence-electron chi connectivity index (χ3n) is 3.25. The number of benzene rings is 1. The monoisotopic (exact) mass is 282 g/mol. The van der Waals surface area contributed by atoms with Gasteiger partial charge >= 0.3 is 0 Å². The number of aromatic nitrogens is 3. The molecule has 0 aliphatic carbocycles. The molecule has 3 rings (SSSR count). The van der Waals surface area contributed by atoms with E-state index in [1.54, 1.807) is 30.3 Å². The highest BCUT2D eigenvalue weighted by atomic mass is 16.2. The molecule has 3 N–H and O–H groups in total. The van der Waals surface area contributed by atoms with Crippen molar-refractivity contribution in [2.45, 2.75) is 13.3 Å². The van der Waals surface area contributed by atoms with Gasteiger partial charge in [-0.05, 0) is 23.9 Å². The van der Waals surface area contributed by atoms with Crippen molar-refractivity contribution >= 4 is 22.5 Å². The number of fused-ring (bicyclic) bond motifs is 1. The zero-order chi connectivity index (χ0) is 14.8. The molecule has 0 unspecified atom stereocenters. The summed E-state index contributed by atoms with van der Waals surface area (Å²) in [7, 11) is 0. The van der Waals surface area contributed by atoms with E-state index in [1.165, 1.54) is 0 Å². The van der Waals surface area contributed by atoms with Crippen LogP contribution in [-0.2, 0) is 6.42 Å². The second-order valence-electron chi connectivity index (χ2n) is 4.69. The summed E-state index contributed by atoms with van der Waals surface area (Å²) in [4.78, 5) is 26.7. The van der Waals surface area contributed by atoms with E-state index in [2.05, 4.69) is 20.5 Å². The fraction of sp³-hybridized carbons (Fsp3) is 0.133. The Morgan fingerprint density at radius 1 is 1.29 bits per heavy atom. The molecule has 21 heavy (non-hydrogen) atoms. The van der Waals surface area contributed by atoms with Crippen LogP contribution in [0.25, 0.3) is 10.8 Å². The smallest absolute Gasteiger partial charge is 0.273 e. The first-order chi connectivity index (χ1) is 10.2. The standard InChI is InChI=1S/C15H14N4O2/c1-2-10-8-13(19-18-10)17-15(21)12-7-9-5-3-4-6-11(9)14(20)16-12/h3-8H,2H2,1H3,(H,16,20)(H2,17,18,19,21). The summed E-state index contributed by atoms with van der Waals surface area (Å²) in [5.74, 6) is 0.0397. The van der Waals surface area contributed by atoms with Crippen LogP contribution in [0.5, 0.6) is 0 Å². The Morgan fingerprint density at radius 3 is 2.86 bits per heavy atom. The Bertz CT molecular complexity index is 863. The van der Waals surface area contributed by atoms with Crippen LogP contribution >= 0.6 is 0 Å². The van der Waals surface area contributed by atoms with E-state index < -0.39 is 5.91 Å². The summed E-state index contributed by atoms with van der Waals surface area (Å²) in [6.45, 7) is 1.99. The van der Waals surface area contributed by atoms with E-state index in [0.29, 0.717) is 11.2 Å². The molecule has 1 aromatic carbocycles. The number of rotatable bonds is 3. The molecule has 6 heteroatoms. The van der Waals surface area contributed by atoms with Crippen molar-refractivity contribution in [2.75, 3.05) is 5.32 Å². The number of pyridine rings is 1. The molecule has 1 amide bonds. The van der Waals surface area contributed by atoms with Crippen LogP contribution in [0.15, 0.2) is 41.2 Å². The van der Waals surface area contributed by atoms with Gasteiger partial charge in [0.1, 0.15) is 5.69 Å². The molecule has 0 radical (unpaired) electrons. The van der Waals surface area contributed by atoms with Crippen molar-refractivity contribution in [1.29, 1.82) is 0 Å². The number of nitrogens with zero attached hydrogens (tertiary/aromatic N) is 1. The minimum absolute atomic E-state index is 0.208.